The maximum atomic E-state index is 13.1. The minimum Gasteiger partial charge on any atom is -0.449 e. The van der Waals surface area contributed by atoms with E-state index in [9.17, 15) is 18.0 Å². The van der Waals surface area contributed by atoms with Crippen LogP contribution in [-0.2, 0) is 10.9 Å². The standard InChI is InChI=1S/C29H17F3O2/c30-29(31,32)20-14-12-18(13-15-20)27-26-24(28(33)34-27)16-19-7-2-4-10-22(19)25(26)23-11-5-8-17-6-1-3-9-21(17)23/h1-16,27H. The van der Waals surface area contributed by atoms with E-state index in [0.29, 0.717) is 16.7 Å². The summed E-state index contributed by atoms with van der Waals surface area (Å²) in [6.07, 6.45) is -5.24. The molecule has 34 heavy (non-hydrogen) atoms. The third-order valence-electron chi connectivity index (χ3n) is 6.40. The summed E-state index contributed by atoms with van der Waals surface area (Å²) in [5.41, 5.74) is 2.68. The summed E-state index contributed by atoms with van der Waals surface area (Å²) in [4.78, 5) is 13.0. The molecule has 0 saturated heterocycles. The van der Waals surface area contributed by atoms with Gasteiger partial charge in [0.05, 0.1) is 11.1 Å². The average molecular weight is 454 g/mol. The number of hydrogen-bond donors (Lipinski definition) is 0. The van der Waals surface area contributed by atoms with Gasteiger partial charge in [0, 0.05) is 5.56 Å². The summed E-state index contributed by atoms with van der Waals surface area (Å²) in [5.74, 6) is -0.480. The second-order valence-electron chi connectivity index (χ2n) is 8.37. The van der Waals surface area contributed by atoms with E-state index in [4.69, 9.17) is 4.74 Å². The maximum Gasteiger partial charge on any atom is 0.416 e. The van der Waals surface area contributed by atoms with Gasteiger partial charge in [-0.3, -0.25) is 0 Å². The highest BCUT2D eigenvalue weighted by molar-refractivity contribution is 6.11. The molecule has 1 heterocycles. The van der Waals surface area contributed by atoms with Crippen LogP contribution in [0.15, 0.2) is 97.1 Å². The summed E-state index contributed by atoms with van der Waals surface area (Å²) in [6, 6.07) is 28.4. The molecule has 5 heteroatoms. The fraction of sp³-hybridized carbons (Fsp3) is 0.0690. The number of carbonyl (C=O) groups is 1. The molecule has 0 fully saturated rings. The summed E-state index contributed by atoms with van der Waals surface area (Å²) < 4.78 is 45.1. The number of rotatable bonds is 2. The van der Waals surface area contributed by atoms with Gasteiger partial charge in [0.25, 0.3) is 0 Å². The highest BCUT2D eigenvalue weighted by Gasteiger charge is 2.37. The van der Waals surface area contributed by atoms with Gasteiger partial charge in [-0.25, -0.2) is 4.79 Å². The molecule has 5 aromatic carbocycles. The fourth-order valence-corrected chi connectivity index (χ4v) is 4.85. The topological polar surface area (TPSA) is 26.3 Å². The predicted octanol–water partition coefficient (Wildman–Crippen LogP) is 7.94. The van der Waals surface area contributed by atoms with Gasteiger partial charge < -0.3 is 4.74 Å². The first-order chi connectivity index (χ1) is 16.4. The number of cyclic esters (lactones) is 1. The molecule has 1 unspecified atom stereocenters. The zero-order valence-electron chi connectivity index (χ0n) is 17.8. The van der Waals surface area contributed by atoms with Crippen LogP contribution in [0, 0.1) is 0 Å². The summed E-state index contributed by atoms with van der Waals surface area (Å²) >= 11 is 0. The van der Waals surface area contributed by atoms with E-state index in [2.05, 4.69) is 0 Å². The van der Waals surface area contributed by atoms with Gasteiger partial charge in [-0.05, 0) is 56.4 Å². The Bertz CT molecular complexity index is 1580. The van der Waals surface area contributed by atoms with Gasteiger partial charge >= 0.3 is 12.1 Å². The molecule has 0 saturated carbocycles. The zero-order chi connectivity index (χ0) is 23.4. The minimum atomic E-state index is -4.44. The summed E-state index contributed by atoms with van der Waals surface area (Å²) in [5, 5.41) is 3.93. The normalized spacial score (nSPS) is 15.5. The highest BCUT2D eigenvalue weighted by Crippen LogP contribution is 2.47. The van der Waals surface area contributed by atoms with Crippen molar-refractivity contribution in [2.45, 2.75) is 12.3 Å². The van der Waals surface area contributed by atoms with Crippen LogP contribution >= 0.6 is 0 Å². The predicted molar refractivity (Wildman–Crippen MR) is 126 cm³/mol. The van der Waals surface area contributed by atoms with Crippen LogP contribution in [0.25, 0.3) is 32.7 Å². The Morgan fingerprint density at radius 3 is 2.06 bits per heavy atom. The molecule has 2 nitrogen and oxygen atoms in total. The van der Waals surface area contributed by atoms with E-state index in [1.165, 1.54) is 12.1 Å². The molecule has 0 spiro atoms. The number of alkyl halides is 3. The van der Waals surface area contributed by atoms with E-state index in [-0.39, 0.29) is 0 Å². The Labute approximate surface area is 193 Å². The molecular weight excluding hydrogens is 437 g/mol. The number of fused-ring (bicyclic) bond motifs is 3. The van der Waals surface area contributed by atoms with Crippen LogP contribution in [0.4, 0.5) is 13.2 Å². The number of benzene rings is 5. The van der Waals surface area contributed by atoms with E-state index >= 15 is 0 Å². The summed E-state index contributed by atoms with van der Waals surface area (Å²) in [7, 11) is 0. The van der Waals surface area contributed by atoms with Gasteiger partial charge in [-0.15, -0.1) is 0 Å². The lowest BCUT2D eigenvalue weighted by molar-refractivity contribution is -0.137. The number of ether oxygens (including phenoxy) is 1. The van der Waals surface area contributed by atoms with Crippen molar-refractivity contribution in [3.63, 3.8) is 0 Å². The van der Waals surface area contributed by atoms with E-state index in [0.717, 1.165) is 44.8 Å². The maximum absolute atomic E-state index is 13.1. The van der Waals surface area contributed by atoms with Crippen LogP contribution in [0.1, 0.15) is 33.2 Å². The molecule has 1 aliphatic rings. The van der Waals surface area contributed by atoms with Gasteiger partial charge in [-0.1, -0.05) is 78.9 Å². The van der Waals surface area contributed by atoms with Crippen LogP contribution in [0.3, 0.4) is 0 Å². The molecule has 166 valence electrons. The lowest BCUT2D eigenvalue weighted by atomic mass is 9.85. The molecule has 6 rings (SSSR count). The highest BCUT2D eigenvalue weighted by atomic mass is 19.4. The monoisotopic (exact) mass is 454 g/mol. The van der Waals surface area contributed by atoms with Crippen molar-refractivity contribution in [2.24, 2.45) is 0 Å². The van der Waals surface area contributed by atoms with E-state index in [1.54, 1.807) is 0 Å². The molecule has 0 aromatic heterocycles. The molecule has 5 aromatic rings. The van der Waals surface area contributed by atoms with Crippen LogP contribution in [0.2, 0.25) is 0 Å². The molecule has 0 bridgehead atoms. The van der Waals surface area contributed by atoms with Crippen molar-refractivity contribution in [1.29, 1.82) is 0 Å². The van der Waals surface area contributed by atoms with Crippen molar-refractivity contribution in [3.05, 3.63) is 119 Å². The number of halogens is 3. The quantitative estimate of drug-likeness (QED) is 0.253. The second-order valence-corrected chi connectivity index (χ2v) is 8.37. The largest absolute Gasteiger partial charge is 0.449 e. The molecule has 0 radical (unpaired) electrons. The Hall–Kier alpha value is -4.12. The Kier molecular flexibility index (Phi) is 4.49. The molecule has 0 aliphatic carbocycles. The van der Waals surface area contributed by atoms with Crippen LogP contribution in [0.5, 0.6) is 0 Å². The van der Waals surface area contributed by atoms with Crippen molar-refractivity contribution in [1.82, 2.24) is 0 Å². The van der Waals surface area contributed by atoms with E-state index in [1.807, 2.05) is 72.8 Å². The SMILES string of the molecule is O=C1OC(c2ccc(C(F)(F)F)cc2)c2c1cc1ccccc1c2-c1cccc2ccccc12. The lowest BCUT2D eigenvalue weighted by Crippen LogP contribution is -2.06. The second kappa shape index (κ2) is 7.45. The van der Waals surface area contributed by atoms with Gasteiger partial charge in [0.2, 0.25) is 0 Å². The van der Waals surface area contributed by atoms with Crippen LogP contribution in [-0.4, -0.2) is 5.97 Å². The first-order valence-electron chi connectivity index (χ1n) is 10.8. The molecule has 0 amide bonds. The number of esters is 1. The molecular formula is C29H17F3O2. The molecule has 1 aliphatic heterocycles. The Morgan fingerprint density at radius 1 is 0.676 bits per heavy atom. The van der Waals surface area contributed by atoms with Crippen LogP contribution < -0.4 is 0 Å². The van der Waals surface area contributed by atoms with Gasteiger partial charge in [-0.2, -0.15) is 13.2 Å². The van der Waals surface area contributed by atoms with Gasteiger partial charge in [0.1, 0.15) is 0 Å². The fourth-order valence-electron chi connectivity index (χ4n) is 4.85. The Morgan fingerprint density at radius 2 is 1.32 bits per heavy atom. The number of carbonyl (C=O) groups excluding carboxylic acids is 1. The average Bonchev–Trinajstić information content (AvgIpc) is 3.18. The minimum absolute atomic E-state index is 0.437. The smallest absolute Gasteiger partial charge is 0.416 e. The molecule has 1 atom stereocenters. The van der Waals surface area contributed by atoms with E-state index < -0.39 is 23.8 Å². The lowest BCUT2D eigenvalue weighted by Gasteiger charge is -2.19. The first kappa shape index (κ1) is 20.5. The van der Waals surface area contributed by atoms with Crippen molar-refractivity contribution in [3.8, 4) is 11.1 Å². The zero-order valence-corrected chi connectivity index (χ0v) is 17.8. The third kappa shape index (κ3) is 3.16. The van der Waals surface area contributed by atoms with Crippen molar-refractivity contribution in [2.75, 3.05) is 0 Å². The van der Waals surface area contributed by atoms with Gasteiger partial charge in [0.15, 0.2) is 6.10 Å². The van der Waals surface area contributed by atoms with Crippen molar-refractivity contribution >= 4 is 27.5 Å². The first-order valence-corrected chi connectivity index (χ1v) is 10.8. The molecule has 0 N–H and O–H groups in total. The third-order valence-corrected chi connectivity index (χ3v) is 6.40. The number of hydrogen-bond acceptors (Lipinski definition) is 2. The summed E-state index contributed by atoms with van der Waals surface area (Å²) in [6.45, 7) is 0. The van der Waals surface area contributed by atoms with Crippen molar-refractivity contribution < 1.29 is 22.7 Å². The Balaban J connectivity index is 1.66.